The molecule has 29 heavy (non-hydrogen) atoms. The first-order valence-corrected chi connectivity index (χ1v) is 9.32. The third kappa shape index (κ3) is 3.70. The van der Waals surface area contributed by atoms with E-state index in [4.69, 9.17) is 16.3 Å². The van der Waals surface area contributed by atoms with Gasteiger partial charge in [0.25, 0.3) is 5.91 Å². The third-order valence-electron chi connectivity index (χ3n) is 4.48. The smallest absolute Gasteiger partial charge is 0.278 e. The average molecular weight is 408 g/mol. The lowest BCUT2D eigenvalue weighted by Crippen LogP contribution is -2.18. The van der Waals surface area contributed by atoms with Crippen molar-refractivity contribution in [2.24, 2.45) is 0 Å². The minimum absolute atomic E-state index is 0.200. The predicted octanol–water partition coefficient (Wildman–Crippen LogP) is 4.15. The molecule has 2 aromatic heterocycles. The highest BCUT2D eigenvalue weighted by atomic mass is 35.5. The number of hydrogen-bond donors (Lipinski definition) is 1. The molecule has 0 aliphatic heterocycles. The number of aryl methyl sites for hydroxylation is 1. The highest BCUT2D eigenvalue weighted by Gasteiger charge is 2.22. The summed E-state index contributed by atoms with van der Waals surface area (Å²) in [6, 6.07) is 16.6. The van der Waals surface area contributed by atoms with E-state index < -0.39 is 0 Å². The molecule has 1 amide bonds. The lowest BCUT2D eigenvalue weighted by molar-refractivity contribution is 0.102. The van der Waals surface area contributed by atoms with Crippen LogP contribution < -0.4 is 5.32 Å². The fraction of sp³-hybridized carbons (Fsp3) is 0.143. The van der Waals surface area contributed by atoms with Gasteiger partial charge in [0.2, 0.25) is 0 Å². The van der Waals surface area contributed by atoms with Gasteiger partial charge in [-0.1, -0.05) is 41.9 Å². The fourth-order valence-corrected chi connectivity index (χ4v) is 3.34. The fourth-order valence-electron chi connectivity index (χ4n) is 3.15. The van der Waals surface area contributed by atoms with E-state index in [-0.39, 0.29) is 18.2 Å². The Labute approximate surface area is 172 Å². The molecule has 4 rings (SSSR count). The number of ether oxygens (including phenoxy) is 1. The van der Waals surface area contributed by atoms with E-state index in [1.165, 1.54) is 0 Å². The predicted molar refractivity (Wildman–Crippen MR) is 111 cm³/mol. The largest absolute Gasteiger partial charge is 0.378 e. The Hall–Kier alpha value is -3.29. The van der Waals surface area contributed by atoms with Crippen LogP contribution in [0.5, 0.6) is 0 Å². The van der Waals surface area contributed by atoms with E-state index >= 15 is 0 Å². The van der Waals surface area contributed by atoms with Crippen molar-refractivity contribution < 1.29 is 9.53 Å². The summed E-state index contributed by atoms with van der Waals surface area (Å²) in [6.07, 6.45) is 0. The Bertz CT molecular complexity index is 1190. The number of carbonyl (C=O) groups excluding carboxylic acids is 1. The number of nitrogens with zero attached hydrogens (tertiary/aromatic N) is 4. The summed E-state index contributed by atoms with van der Waals surface area (Å²) in [5.74, 6) is -0.351. The number of hydrogen-bond acceptors (Lipinski definition) is 5. The zero-order valence-electron chi connectivity index (χ0n) is 15.9. The highest BCUT2D eigenvalue weighted by Crippen LogP contribution is 2.30. The number of fused-ring (bicyclic) bond motifs is 1. The average Bonchev–Trinajstić information content (AvgIpc) is 3.08. The summed E-state index contributed by atoms with van der Waals surface area (Å²) in [6.45, 7) is 2.07. The van der Waals surface area contributed by atoms with Gasteiger partial charge in [-0.25, -0.2) is 4.52 Å². The molecule has 0 unspecified atom stereocenters. The van der Waals surface area contributed by atoms with Crippen LogP contribution in [0.2, 0.25) is 5.02 Å². The topological polar surface area (TPSA) is 81.4 Å². The van der Waals surface area contributed by atoms with Crippen molar-refractivity contribution in [1.29, 1.82) is 0 Å². The Balaban J connectivity index is 1.81. The molecule has 0 atom stereocenters. The summed E-state index contributed by atoms with van der Waals surface area (Å²) in [7, 11) is 1.60. The molecule has 0 aliphatic rings. The normalized spacial score (nSPS) is 11.0. The number of anilines is 1. The maximum absolute atomic E-state index is 12.7. The Morgan fingerprint density at radius 2 is 1.93 bits per heavy atom. The van der Waals surface area contributed by atoms with Gasteiger partial charge in [-0.3, -0.25) is 4.79 Å². The molecule has 0 saturated carbocycles. The van der Waals surface area contributed by atoms with Gasteiger partial charge in [0.1, 0.15) is 0 Å². The Morgan fingerprint density at radius 1 is 1.14 bits per heavy atom. The molecular formula is C21H18ClN5O2. The number of rotatable bonds is 5. The standard InChI is InChI=1S/C21H18ClN5O2/c1-13-19(21(28)23-16-9-4-3-5-10-16)24-25-20-18(14-7-6-8-15(22)11-14)17(12-29-2)26-27(13)20/h3-11H,12H2,1-2H3,(H,23,28). The summed E-state index contributed by atoms with van der Waals surface area (Å²) < 4.78 is 6.93. The number of aromatic nitrogens is 4. The zero-order chi connectivity index (χ0) is 20.4. The summed E-state index contributed by atoms with van der Waals surface area (Å²) in [5.41, 5.74) is 4.31. The Kier molecular flexibility index (Phi) is 5.24. The van der Waals surface area contributed by atoms with Crippen LogP contribution >= 0.6 is 11.6 Å². The molecule has 2 heterocycles. The number of benzene rings is 2. The van der Waals surface area contributed by atoms with Crippen molar-refractivity contribution in [3.05, 3.63) is 76.7 Å². The van der Waals surface area contributed by atoms with Gasteiger partial charge in [-0.15, -0.1) is 10.2 Å². The van der Waals surface area contributed by atoms with E-state index in [2.05, 4.69) is 20.6 Å². The zero-order valence-corrected chi connectivity index (χ0v) is 16.6. The quantitative estimate of drug-likeness (QED) is 0.537. The molecule has 2 aromatic carbocycles. The van der Waals surface area contributed by atoms with Crippen molar-refractivity contribution in [3.8, 4) is 11.1 Å². The van der Waals surface area contributed by atoms with Crippen LogP contribution in [0.3, 0.4) is 0 Å². The van der Waals surface area contributed by atoms with Gasteiger partial charge in [0, 0.05) is 17.8 Å². The molecule has 0 saturated heterocycles. The van der Waals surface area contributed by atoms with Gasteiger partial charge in [-0.2, -0.15) is 5.10 Å². The maximum Gasteiger partial charge on any atom is 0.278 e. The van der Waals surface area contributed by atoms with Crippen LogP contribution in [0.1, 0.15) is 21.9 Å². The number of methoxy groups -OCH3 is 1. The van der Waals surface area contributed by atoms with E-state index in [9.17, 15) is 4.79 Å². The van der Waals surface area contributed by atoms with Gasteiger partial charge in [0.15, 0.2) is 11.3 Å². The molecule has 146 valence electrons. The molecule has 0 bridgehead atoms. The number of para-hydroxylation sites is 1. The molecule has 8 heteroatoms. The molecule has 1 N–H and O–H groups in total. The van der Waals surface area contributed by atoms with Crippen molar-refractivity contribution in [2.45, 2.75) is 13.5 Å². The SMILES string of the molecule is COCc1nn2c(C)c(C(=O)Nc3ccccc3)nnc2c1-c1cccc(Cl)c1. The maximum atomic E-state index is 12.7. The van der Waals surface area contributed by atoms with Gasteiger partial charge in [-0.05, 0) is 36.8 Å². The first-order valence-electron chi connectivity index (χ1n) is 8.94. The number of carbonyl (C=O) groups is 1. The van der Waals surface area contributed by atoms with E-state index in [0.29, 0.717) is 27.7 Å². The summed E-state index contributed by atoms with van der Waals surface area (Å²) in [4.78, 5) is 12.7. The molecule has 7 nitrogen and oxygen atoms in total. The first kappa shape index (κ1) is 19.0. The summed E-state index contributed by atoms with van der Waals surface area (Å²) in [5, 5.41) is 16.5. The number of halogens is 1. The first-order chi connectivity index (χ1) is 14.1. The number of amides is 1. The molecule has 0 fully saturated rings. The van der Waals surface area contributed by atoms with Crippen LogP contribution in [0.15, 0.2) is 54.6 Å². The minimum atomic E-state index is -0.351. The van der Waals surface area contributed by atoms with Gasteiger partial charge < -0.3 is 10.1 Å². The minimum Gasteiger partial charge on any atom is -0.378 e. The van der Waals surface area contributed by atoms with Crippen molar-refractivity contribution in [1.82, 2.24) is 19.8 Å². The second-order valence-corrected chi connectivity index (χ2v) is 6.89. The van der Waals surface area contributed by atoms with E-state index in [0.717, 1.165) is 11.1 Å². The van der Waals surface area contributed by atoms with E-state index in [1.807, 2.05) is 36.4 Å². The Morgan fingerprint density at radius 3 is 2.66 bits per heavy atom. The van der Waals surface area contributed by atoms with E-state index in [1.54, 1.807) is 36.7 Å². The van der Waals surface area contributed by atoms with Gasteiger partial charge in [0.05, 0.1) is 23.6 Å². The highest BCUT2D eigenvalue weighted by molar-refractivity contribution is 6.30. The van der Waals surface area contributed by atoms with Crippen LogP contribution in [0.4, 0.5) is 5.69 Å². The van der Waals surface area contributed by atoms with Crippen LogP contribution in [0.25, 0.3) is 16.8 Å². The van der Waals surface area contributed by atoms with Crippen molar-refractivity contribution >= 4 is 28.8 Å². The third-order valence-corrected chi connectivity index (χ3v) is 4.71. The second-order valence-electron chi connectivity index (χ2n) is 6.45. The van der Waals surface area contributed by atoms with Crippen molar-refractivity contribution in [2.75, 3.05) is 12.4 Å². The summed E-state index contributed by atoms with van der Waals surface area (Å²) >= 11 is 6.17. The lowest BCUT2D eigenvalue weighted by atomic mass is 10.1. The van der Waals surface area contributed by atoms with Crippen LogP contribution in [-0.2, 0) is 11.3 Å². The van der Waals surface area contributed by atoms with Crippen LogP contribution in [0, 0.1) is 6.92 Å². The molecule has 4 aromatic rings. The van der Waals surface area contributed by atoms with Crippen LogP contribution in [-0.4, -0.2) is 32.8 Å². The molecule has 0 radical (unpaired) electrons. The van der Waals surface area contributed by atoms with Crippen molar-refractivity contribution in [3.63, 3.8) is 0 Å². The molecule has 0 spiro atoms. The molecular weight excluding hydrogens is 390 g/mol. The lowest BCUT2D eigenvalue weighted by Gasteiger charge is -2.07. The van der Waals surface area contributed by atoms with Gasteiger partial charge >= 0.3 is 0 Å². The molecule has 0 aliphatic carbocycles. The second kappa shape index (κ2) is 7.98. The monoisotopic (exact) mass is 407 g/mol. The number of nitrogens with one attached hydrogen (secondary N) is 1.